The van der Waals surface area contributed by atoms with E-state index in [9.17, 15) is 13.2 Å². The van der Waals surface area contributed by atoms with Crippen molar-refractivity contribution in [2.24, 2.45) is 5.92 Å². The lowest BCUT2D eigenvalue weighted by Crippen LogP contribution is -2.52. The Kier molecular flexibility index (Phi) is 6.81. The molecule has 2 aliphatic rings. The molecule has 0 bridgehead atoms. The summed E-state index contributed by atoms with van der Waals surface area (Å²) in [6.07, 6.45) is 2.93. The third-order valence-corrected chi connectivity index (χ3v) is 8.47. The van der Waals surface area contributed by atoms with E-state index >= 15 is 0 Å². The number of rotatable bonds is 5. The Labute approximate surface area is 191 Å². The number of benzene rings is 1. The Bertz CT molecular complexity index is 1010. The number of sulfonamides is 1. The van der Waals surface area contributed by atoms with Crippen LogP contribution in [0.15, 0.2) is 53.6 Å². The summed E-state index contributed by atoms with van der Waals surface area (Å²) in [6.45, 7) is 7.83. The van der Waals surface area contributed by atoms with Gasteiger partial charge >= 0.3 is 0 Å². The molecule has 0 aliphatic carbocycles. The maximum absolute atomic E-state index is 13.0. The molecule has 2 aromatic rings. The largest absolute Gasteiger partial charge is 0.353 e. The SMILES string of the molecule is CC(C)c1ccc(S(=O)(=O)N2CCC(C(=O)N3CCN(c4ccccn4)CC3)CC2)cc1. The third kappa shape index (κ3) is 4.81. The van der Waals surface area contributed by atoms with Gasteiger partial charge in [0.25, 0.3) is 0 Å². The maximum atomic E-state index is 13.0. The van der Waals surface area contributed by atoms with Crippen molar-refractivity contribution in [3.63, 3.8) is 0 Å². The van der Waals surface area contributed by atoms with Crippen LogP contribution in [0, 0.1) is 5.92 Å². The highest BCUT2D eigenvalue weighted by Crippen LogP contribution is 2.27. The van der Waals surface area contributed by atoms with E-state index in [1.165, 1.54) is 4.31 Å². The van der Waals surface area contributed by atoms with Crippen LogP contribution < -0.4 is 4.90 Å². The van der Waals surface area contributed by atoms with Crippen LogP contribution in [-0.2, 0) is 14.8 Å². The Balaban J connectivity index is 1.31. The standard InChI is InChI=1S/C24H32N4O3S/c1-19(2)20-6-8-22(9-7-20)32(30,31)28-13-10-21(11-14-28)24(29)27-17-15-26(16-18-27)23-5-3-4-12-25-23/h3-9,12,19,21H,10-11,13-18H2,1-2H3. The second-order valence-corrected chi connectivity index (χ2v) is 10.8. The molecule has 0 saturated carbocycles. The Morgan fingerprint density at radius 2 is 1.59 bits per heavy atom. The molecule has 0 radical (unpaired) electrons. The Morgan fingerprint density at radius 1 is 0.938 bits per heavy atom. The zero-order valence-corrected chi connectivity index (χ0v) is 19.7. The summed E-state index contributed by atoms with van der Waals surface area (Å²) in [6, 6.07) is 13.0. The van der Waals surface area contributed by atoms with Gasteiger partial charge in [0.2, 0.25) is 15.9 Å². The normalized spacial score (nSPS) is 18.8. The molecule has 0 unspecified atom stereocenters. The highest BCUT2D eigenvalue weighted by atomic mass is 32.2. The van der Waals surface area contributed by atoms with Crippen molar-refractivity contribution in [3.05, 3.63) is 54.2 Å². The van der Waals surface area contributed by atoms with Crippen LogP contribution in [0.4, 0.5) is 5.82 Å². The molecular weight excluding hydrogens is 424 g/mol. The fourth-order valence-corrected chi connectivity index (χ4v) is 5.94. The van der Waals surface area contributed by atoms with E-state index < -0.39 is 10.0 Å². The van der Waals surface area contributed by atoms with Crippen LogP contribution in [0.3, 0.4) is 0 Å². The first kappa shape index (κ1) is 22.7. The molecule has 4 rings (SSSR count). The molecule has 0 spiro atoms. The molecule has 1 aromatic heterocycles. The number of hydrogen-bond acceptors (Lipinski definition) is 5. The van der Waals surface area contributed by atoms with E-state index in [0.29, 0.717) is 49.8 Å². The molecule has 0 N–H and O–H groups in total. The smallest absolute Gasteiger partial charge is 0.243 e. The molecule has 172 valence electrons. The van der Waals surface area contributed by atoms with Crippen molar-refractivity contribution in [3.8, 4) is 0 Å². The average Bonchev–Trinajstić information content (AvgIpc) is 2.84. The number of hydrogen-bond donors (Lipinski definition) is 0. The summed E-state index contributed by atoms with van der Waals surface area (Å²) in [5, 5.41) is 0. The van der Waals surface area contributed by atoms with Crippen LogP contribution in [0.25, 0.3) is 0 Å². The topological polar surface area (TPSA) is 73.8 Å². The predicted molar refractivity (Wildman–Crippen MR) is 125 cm³/mol. The van der Waals surface area contributed by atoms with Crippen molar-refractivity contribution < 1.29 is 13.2 Å². The molecule has 0 atom stereocenters. The van der Waals surface area contributed by atoms with Crippen molar-refractivity contribution >= 4 is 21.7 Å². The summed E-state index contributed by atoms with van der Waals surface area (Å²) in [5.41, 5.74) is 1.12. The minimum atomic E-state index is -3.52. The van der Waals surface area contributed by atoms with Gasteiger partial charge in [0.05, 0.1) is 4.90 Å². The maximum Gasteiger partial charge on any atom is 0.243 e. The van der Waals surface area contributed by atoms with E-state index in [4.69, 9.17) is 0 Å². The molecule has 8 heteroatoms. The van der Waals surface area contributed by atoms with Crippen LogP contribution >= 0.6 is 0 Å². The highest BCUT2D eigenvalue weighted by molar-refractivity contribution is 7.89. The van der Waals surface area contributed by atoms with Gasteiger partial charge in [0, 0.05) is 51.4 Å². The summed E-state index contributed by atoms with van der Waals surface area (Å²) >= 11 is 0. The van der Waals surface area contributed by atoms with Crippen LogP contribution in [0.2, 0.25) is 0 Å². The number of piperazine rings is 1. The van der Waals surface area contributed by atoms with Crippen molar-refractivity contribution in [2.75, 3.05) is 44.2 Å². The molecule has 32 heavy (non-hydrogen) atoms. The van der Waals surface area contributed by atoms with Gasteiger partial charge < -0.3 is 9.80 Å². The number of pyridine rings is 1. The minimum absolute atomic E-state index is 0.105. The number of amides is 1. The molecule has 2 fully saturated rings. The molecule has 2 aliphatic heterocycles. The van der Waals surface area contributed by atoms with E-state index in [1.54, 1.807) is 18.3 Å². The molecular formula is C24H32N4O3S. The summed E-state index contributed by atoms with van der Waals surface area (Å²) in [7, 11) is -3.52. The minimum Gasteiger partial charge on any atom is -0.353 e. The van der Waals surface area contributed by atoms with Crippen molar-refractivity contribution in [2.45, 2.75) is 37.5 Å². The van der Waals surface area contributed by atoms with E-state index in [0.717, 1.165) is 24.5 Å². The van der Waals surface area contributed by atoms with Gasteiger partial charge in [-0.1, -0.05) is 32.0 Å². The van der Waals surface area contributed by atoms with Crippen LogP contribution in [0.1, 0.15) is 38.2 Å². The van der Waals surface area contributed by atoms with E-state index in [2.05, 4.69) is 23.7 Å². The van der Waals surface area contributed by atoms with Crippen LogP contribution in [0.5, 0.6) is 0 Å². The van der Waals surface area contributed by atoms with Gasteiger partial charge in [-0.05, 0) is 48.6 Å². The fraction of sp³-hybridized carbons (Fsp3) is 0.500. The van der Waals surface area contributed by atoms with Crippen LogP contribution in [-0.4, -0.2) is 67.8 Å². The van der Waals surface area contributed by atoms with Gasteiger partial charge in [-0.2, -0.15) is 4.31 Å². The number of carbonyl (C=O) groups excluding carboxylic acids is 1. The summed E-state index contributed by atoms with van der Waals surface area (Å²) in [5.74, 6) is 1.36. The van der Waals surface area contributed by atoms with Gasteiger partial charge in [-0.25, -0.2) is 13.4 Å². The zero-order chi connectivity index (χ0) is 22.7. The lowest BCUT2D eigenvalue weighted by Gasteiger charge is -2.38. The molecule has 3 heterocycles. The lowest BCUT2D eigenvalue weighted by molar-refractivity contribution is -0.137. The second-order valence-electron chi connectivity index (χ2n) is 8.90. The van der Waals surface area contributed by atoms with Gasteiger partial charge in [0.1, 0.15) is 5.82 Å². The number of carbonyl (C=O) groups is 1. The molecule has 2 saturated heterocycles. The summed E-state index contributed by atoms with van der Waals surface area (Å²) < 4.78 is 27.6. The molecule has 7 nitrogen and oxygen atoms in total. The number of aromatic nitrogens is 1. The quantitative estimate of drug-likeness (QED) is 0.692. The first-order valence-electron chi connectivity index (χ1n) is 11.4. The van der Waals surface area contributed by atoms with E-state index in [-0.39, 0.29) is 11.8 Å². The van der Waals surface area contributed by atoms with Crippen molar-refractivity contribution in [1.29, 1.82) is 0 Å². The molecule has 1 amide bonds. The monoisotopic (exact) mass is 456 g/mol. The number of nitrogens with zero attached hydrogens (tertiary/aromatic N) is 4. The van der Waals surface area contributed by atoms with E-state index in [1.807, 2.05) is 35.2 Å². The first-order chi connectivity index (χ1) is 15.4. The van der Waals surface area contributed by atoms with Gasteiger partial charge in [0.15, 0.2) is 0 Å². The average molecular weight is 457 g/mol. The Morgan fingerprint density at radius 3 is 2.16 bits per heavy atom. The van der Waals surface area contributed by atoms with Gasteiger partial charge in [-0.15, -0.1) is 0 Å². The fourth-order valence-electron chi connectivity index (χ4n) is 4.47. The second kappa shape index (κ2) is 9.58. The van der Waals surface area contributed by atoms with Gasteiger partial charge in [-0.3, -0.25) is 4.79 Å². The molecule has 1 aromatic carbocycles. The zero-order valence-electron chi connectivity index (χ0n) is 18.9. The van der Waals surface area contributed by atoms with Crippen molar-refractivity contribution in [1.82, 2.24) is 14.2 Å². The lowest BCUT2D eigenvalue weighted by atomic mass is 9.96. The number of anilines is 1. The highest BCUT2D eigenvalue weighted by Gasteiger charge is 2.34. The number of piperidine rings is 1. The first-order valence-corrected chi connectivity index (χ1v) is 12.8. The summed E-state index contributed by atoms with van der Waals surface area (Å²) in [4.78, 5) is 21.9. The third-order valence-electron chi connectivity index (χ3n) is 6.55. The Hall–Kier alpha value is -2.45. The predicted octanol–water partition coefficient (Wildman–Crippen LogP) is 2.95.